The minimum absolute atomic E-state index is 0.0133. The van der Waals surface area contributed by atoms with Gasteiger partial charge in [-0.05, 0) is 92.2 Å². The number of carbonyl (C=O) groups excluding carboxylic acids is 1. The van der Waals surface area contributed by atoms with Crippen LogP contribution in [0.2, 0.25) is 0 Å². The minimum atomic E-state index is -0.751. The van der Waals surface area contributed by atoms with E-state index in [2.05, 4.69) is 20.5 Å². The number of H-pyrrole nitrogens is 1. The number of aromatic amines is 1. The Kier molecular flexibility index (Phi) is 13.6. The number of phenolic OH excluding ortho intramolecular Hbond substituents is 1. The third-order valence-electron chi connectivity index (χ3n) is 10.6. The predicted molar refractivity (Wildman–Crippen MR) is 206 cm³/mol. The number of pyridine rings is 1. The highest BCUT2D eigenvalue weighted by Gasteiger charge is 2.37. The third kappa shape index (κ3) is 10.3. The molecule has 53 heavy (non-hydrogen) atoms. The highest BCUT2D eigenvalue weighted by molar-refractivity contribution is 5.87. The Labute approximate surface area is 311 Å². The number of hydrogen-bond donors (Lipinski definition) is 5. The number of aromatic nitrogens is 1. The number of aromatic hydroxyl groups is 1. The van der Waals surface area contributed by atoms with E-state index < -0.39 is 18.2 Å². The highest BCUT2D eigenvalue weighted by Crippen LogP contribution is 2.34. The van der Waals surface area contributed by atoms with Crippen LogP contribution in [0.4, 0.5) is 4.79 Å². The van der Waals surface area contributed by atoms with E-state index in [0.717, 1.165) is 95.1 Å². The number of nitrogens with one attached hydrogen (secondary N) is 3. The summed E-state index contributed by atoms with van der Waals surface area (Å²) in [7, 11) is 1.64. The Morgan fingerprint density at radius 2 is 1.66 bits per heavy atom. The van der Waals surface area contributed by atoms with Gasteiger partial charge in [-0.3, -0.25) is 9.69 Å². The number of methoxy groups -OCH3 is 1. The van der Waals surface area contributed by atoms with Crippen LogP contribution in [0, 0.1) is 5.92 Å². The SMILES string of the molecule is COc1ccc(C(NC(=O)O[C@H]2CN3CCC2CC3)c2ccccc2)cc1OCCCCCCCCCNC[C@H](O)c1ccc(O)c2[nH]c(=O)ccc12. The Morgan fingerprint density at radius 1 is 0.906 bits per heavy atom. The number of nitrogens with zero attached hydrogens (tertiary/aromatic N) is 1. The van der Waals surface area contributed by atoms with Gasteiger partial charge in [0.25, 0.3) is 0 Å². The molecule has 0 aliphatic carbocycles. The molecule has 3 aliphatic heterocycles. The fourth-order valence-corrected chi connectivity index (χ4v) is 7.64. The zero-order valence-corrected chi connectivity index (χ0v) is 30.7. The lowest BCUT2D eigenvalue weighted by atomic mass is 9.86. The van der Waals surface area contributed by atoms with Crippen LogP contribution < -0.4 is 25.7 Å². The van der Waals surface area contributed by atoms with Crippen LogP contribution in [0.3, 0.4) is 0 Å². The largest absolute Gasteiger partial charge is 0.506 e. The zero-order valence-electron chi connectivity index (χ0n) is 30.7. The molecule has 1 aromatic heterocycles. The quantitative estimate of drug-likeness (QED) is 0.0677. The summed E-state index contributed by atoms with van der Waals surface area (Å²) >= 11 is 0. The summed E-state index contributed by atoms with van der Waals surface area (Å²) in [4.78, 5) is 29.9. The van der Waals surface area contributed by atoms with Crippen molar-refractivity contribution in [1.29, 1.82) is 0 Å². The molecule has 0 radical (unpaired) electrons. The van der Waals surface area contributed by atoms with Crippen molar-refractivity contribution >= 4 is 17.0 Å². The molecule has 11 heteroatoms. The molecule has 4 aromatic rings. The first-order chi connectivity index (χ1) is 25.9. The number of unbranched alkanes of at least 4 members (excludes halogenated alkanes) is 6. The highest BCUT2D eigenvalue weighted by atomic mass is 16.6. The van der Waals surface area contributed by atoms with Gasteiger partial charge in [-0.2, -0.15) is 0 Å². The Morgan fingerprint density at radius 3 is 2.40 bits per heavy atom. The lowest BCUT2D eigenvalue weighted by Gasteiger charge is -2.43. The Hall–Kier alpha value is -4.58. The molecule has 5 N–H and O–H groups in total. The van der Waals surface area contributed by atoms with Gasteiger partial charge in [-0.15, -0.1) is 0 Å². The van der Waals surface area contributed by atoms with E-state index in [9.17, 15) is 19.8 Å². The van der Waals surface area contributed by atoms with E-state index in [4.69, 9.17) is 14.2 Å². The average Bonchev–Trinajstić information content (AvgIpc) is 3.18. The van der Waals surface area contributed by atoms with Gasteiger partial charge in [-0.25, -0.2) is 4.79 Å². The summed E-state index contributed by atoms with van der Waals surface area (Å²) in [5, 5.41) is 27.9. The second-order valence-electron chi connectivity index (χ2n) is 14.3. The molecule has 1 amide bonds. The van der Waals surface area contributed by atoms with E-state index in [0.29, 0.717) is 47.0 Å². The minimum Gasteiger partial charge on any atom is -0.506 e. The number of hydrogen-bond acceptors (Lipinski definition) is 9. The van der Waals surface area contributed by atoms with Crippen molar-refractivity contribution in [2.24, 2.45) is 5.92 Å². The molecular formula is C42H54N4O7. The molecule has 11 nitrogen and oxygen atoms in total. The van der Waals surface area contributed by atoms with Gasteiger partial charge < -0.3 is 40.0 Å². The molecule has 7 rings (SSSR count). The number of aliphatic hydroxyl groups is 1. The number of alkyl carbamates (subject to hydrolysis) is 1. The molecule has 3 aromatic carbocycles. The summed E-state index contributed by atoms with van der Waals surface area (Å²) in [6.45, 7) is 4.77. The molecule has 3 saturated heterocycles. The maximum Gasteiger partial charge on any atom is 0.408 e. The van der Waals surface area contributed by atoms with Gasteiger partial charge in [0.05, 0.1) is 31.4 Å². The molecule has 2 bridgehead atoms. The molecule has 0 spiro atoms. The zero-order chi connectivity index (χ0) is 37.0. The maximum atomic E-state index is 13.2. The van der Waals surface area contributed by atoms with Crippen molar-refractivity contribution in [2.75, 3.05) is 46.4 Å². The van der Waals surface area contributed by atoms with Gasteiger partial charge in [0.1, 0.15) is 11.9 Å². The van der Waals surface area contributed by atoms with Crippen LogP contribution in [-0.2, 0) is 4.74 Å². The maximum absolute atomic E-state index is 13.2. The summed E-state index contributed by atoms with van der Waals surface area (Å²) in [5.74, 6) is 1.74. The first-order valence-corrected chi connectivity index (χ1v) is 19.2. The van der Waals surface area contributed by atoms with Crippen molar-refractivity contribution in [3.8, 4) is 17.2 Å². The van der Waals surface area contributed by atoms with Gasteiger partial charge in [0, 0.05) is 24.5 Å². The predicted octanol–water partition coefficient (Wildman–Crippen LogP) is 6.58. The van der Waals surface area contributed by atoms with Crippen molar-refractivity contribution < 1.29 is 29.2 Å². The second kappa shape index (κ2) is 19.0. The summed E-state index contributed by atoms with van der Waals surface area (Å²) in [5.41, 5.74) is 2.57. The van der Waals surface area contributed by atoms with Crippen LogP contribution in [0.25, 0.3) is 10.9 Å². The summed E-state index contributed by atoms with van der Waals surface area (Å²) in [6, 6.07) is 21.6. The fourth-order valence-electron chi connectivity index (χ4n) is 7.64. The number of ether oxygens (including phenoxy) is 3. The summed E-state index contributed by atoms with van der Waals surface area (Å²) in [6.07, 6.45) is 8.50. The molecule has 4 heterocycles. The van der Waals surface area contributed by atoms with Gasteiger partial charge >= 0.3 is 6.09 Å². The number of fused-ring (bicyclic) bond motifs is 4. The van der Waals surface area contributed by atoms with Crippen molar-refractivity contribution in [2.45, 2.75) is 76.0 Å². The smallest absolute Gasteiger partial charge is 0.408 e. The van der Waals surface area contributed by atoms with Crippen LogP contribution >= 0.6 is 0 Å². The molecule has 1 unspecified atom stereocenters. The standard InChI is InChI=1S/C42H54N4O7/c1-51-36-18-14-31(40(30-12-8-7-9-13-30)45-42(50)53-38-28-46-23-20-29(38)21-24-46)26-37(36)52-25-11-6-4-2-3-5-10-22-43-27-35(48)32-15-17-34(47)41-33(32)16-19-39(49)44-41/h7-9,12-19,26,29,35,38,40,43,47-48H,2-6,10-11,20-25,27-28H2,1H3,(H,44,49)(H,45,50)/t35-,38-,40?/m0/s1. The van der Waals surface area contributed by atoms with Gasteiger partial charge in [0.2, 0.25) is 5.56 Å². The van der Waals surface area contributed by atoms with Crippen molar-refractivity contribution in [1.82, 2.24) is 20.5 Å². The van der Waals surface area contributed by atoms with Gasteiger partial charge in [-0.1, -0.05) is 74.6 Å². The number of rotatable bonds is 19. The number of benzene rings is 3. The van der Waals surface area contributed by atoms with E-state index in [1.54, 1.807) is 19.2 Å². The van der Waals surface area contributed by atoms with E-state index in [1.165, 1.54) is 12.1 Å². The van der Waals surface area contributed by atoms with Crippen molar-refractivity contribution in [3.05, 3.63) is 99.8 Å². The Balaban J connectivity index is 0.895. The molecule has 0 saturated carbocycles. The fraction of sp³-hybridized carbons (Fsp3) is 0.476. The third-order valence-corrected chi connectivity index (χ3v) is 10.6. The van der Waals surface area contributed by atoms with Crippen LogP contribution in [-0.4, -0.2) is 78.7 Å². The molecular weight excluding hydrogens is 672 g/mol. The van der Waals surface area contributed by atoms with Crippen LogP contribution in [0.5, 0.6) is 17.2 Å². The van der Waals surface area contributed by atoms with E-state index in [1.807, 2.05) is 48.5 Å². The second-order valence-corrected chi connectivity index (χ2v) is 14.3. The van der Waals surface area contributed by atoms with Crippen molar-refractivity contribution in [3.63, 3.8) is 0 Å². The normalized spacial score (nSPS) is 19.1. The molecule has 284 valence electrons. The Bertz CT molecular complexity index is 1830. The molecule has 3 aliphatic rings. The van der Waals surface area contributed by atoms with Crippen LogP contribution in [0.15, 0.2) is 77.6 Å². The van der Waals surface area contributed by atoms with Gasteiger partial charge in [0.15, 0.2) is 11.5 Å². The number of aliphatic hydroxyl groups excluding tert-OH is 1. The first kappa shape index (κ1) is 38.2. The van der Waals surface area contributed by atoms with E-state index in [-0.39, 0.29) is 17.4 Å². The molecule has 3 atom stereocenters. The monoisotopic (exact) mass is 726 g/mol. The lowest BCUT2D eigenvalue weighted by Crippen LogP contribution is -2.52. The topological polar surface area (TPSA) is 145 Å². The number of carbonyl (C=O) groups is 1. The number of amides is 1. The first-order valence-electron chi connectivity index (χ1n) is 19.2. The number of phenols is 1. The average molecular weight is 727 g/mol. The number of piperidine rings is 3. The molecule has 3 fully saturated rings. The lowest BCUT2D eigenvalue weighted by molar-refractivity contribution is -0.0336. The van der Waals surface area contributed by atoms with E-state index >= 15 is 0 Å². The summed E-state index contributed by atoms with van der Waals surface area (Å²) < 4.78 is 17.9. The van der Waals surface area contributed by atoms with Crippen LogP contribution in [0.1, 0.15) is 86.6 Å².